The van der Waals surface area contributed by atoms with E-state index in [2.05, 4.69) is 15.5 Å². The Balaban J connectivity index is 1.71. The van der Waals surface area contributed by atoms with Gasteiger partial charge in [0.2, 0.25) is 0 Å². The van der Waals surface area contributed by atoms with Crippen LogP contribution in [0.2, 0.25) is 0 Å². The van der Waals surface area contributed by atoms with Crippen molar-refractivity contribution in [2.24, 2.45) is 5.41 Å². The van der Waals surface area contributed by atoms with Gasteiger partial charge in [-0.25, -0.2) is 9.59 Å². The van der Waals surface area contributed by atoms with Gasteiger partial charge in [-0.15, -0.1) is 11.3 Å². The number of para-hydroxylation sites is 2. The summed E-state index contributed by atoms with van der Waals surface area (Å²) in [4.78, 5) is 41.0. The number of benzene rings is 1. The molecule has 1 saturated heterocycles. The lowest BCUT2D eigenvalue weighted by atomic mass is 9.84. The lowest BCUT2D eigenvalue weighted by Crippen LogP contribution is -2.59. The van der Waals surface area contributed by atoms with Gasteiger partial charge in [0, 0.05) is 19.6 Å². The zero-order valence-corrected chi connectivity index (χ0v) is 21.9. The third kappa shape index (κ3) is 6.88. The summed E-state index contributed by atoms with van der Waals surface area (Å²) in [6, 6.07) is 10.4. The van der Waals surface area contributed by atoms with E-state index in [1.165, 1.54) is 16.2 Å². The van der Waals surface area contributed by atoms with Gasteiger partial charge in [0.05, 0.1) is 27.3 Å². The summed E-state index contributed by atoms with van der Waals surface area (Å²) in [5, 5.41) is 16.1. The number of piperazine rings is 1. The maximum absolute atomic E-state index is 13.0. The Morgan fingerprint density at radius 3 is 2.17 bits per heavy atom. The quantitative estimate of drug-likeness (QED) is 0.505. The molecule has 9 nitrogen and oxygen atoms in total. The topological polar surface area (TPSA) is 111 Å². The first-order valence-electron chi connectivity index (χ1n) is 11.5. The van der Waals surface area contributed by atoms with Gasteiger partial charge in [-0.2, -0.15) is 0 Å². The van der Waals surface area contributed by atoms with Crippen molar-refractivity contribution in [2.45, 2.75) is 53.2 Å². The normalized spacial score (nSPS) is 16.6. The summed E-state index contributed by atoms with van der Waals surface area (Å²) in [6.07, 6.45) is -1.51. The third-order valence-electron chi connectivity index (χ3n) is 5.56. The highest BCUT2D eigenvalue weighted by molar-refractivity contribution is 7.18. The number of ether oxygens (including phenoxy) is 1. The monoisotopic (exact) mass is 502 g/mol. The van der Waals surface area contributed by atoms with E-state index in [4.69, 9.17) is 4.74 Å². The lowest BCUT2D eigenvalue weighted by molar-refractivity contribution is 0.0635. The molecule has 3 rings (SSSR count). The molecule has 2 aromatic rings. The van der Waals surface area contributed by atoms with E-state index in [0.29, 0.717) is 35.9 Å². The highest BCUT2D eigenvalue weighted by Gasteiger charge is 2.38. The van der Waals surface area contributed by atoms with E-state index in [0.717, 1.165) is 5.00 Å². The van der Waals surface area contributed by atoms with Crippen LogP contribution in [-0.2, 0) is 4.74 Å². The predicted molar refractivity (Wildman–Crippen MR) is 139 cm³/mol. The van der Waals surface area contributed by atoms with Gasteiger partial charge in [-0.1, -0.05) is 32.9 Å². The minimum atomic E-state index is -0.908. The number of rotatable bonds is 4. The molecule has 1 aromatic carbocycles. The van der Waals surface area contributed by atoms with E-state index in [9.17, 15) is 19.5 Å². The van der Waals surface area contributed by atoms with Crippen molar-refractivity contribution >= 4 is 45.8 Å². The first kappa shape index (κ1) is 26.3. The number of hydrogen-bond acceptors (Lipinski definition) is 6. The van der Waals surface area contributed by atoms with Crippen molar-refractivity contribution in [1.29, 1.82) is 0 Å². The summed E-state index contributed by atoms with van der Waals surface area (Å²) in [6.45, 7) is 13.0. The van der Waals surface area contributed by atoms with Crippen LogP contribution in [0, 0.1) is 5.41 Å². The van der Waals surface area contributed by atoms with E-state index in [1.807, 2.05) is 26.8 Å². The Hall–Kier alpha value is -3.27. The van der Waals surface area contributed by atoms with Crippen LogP contribution in [0.15, 0.2) is 36.4 Å². The van der Waals surface area contributed by atoms with Crippen LogP contribution in [-0.4, -0.2) is 59.4 Å². The number of carboxylic acid groups (broad SMARTS) is 1. The standard InChI is InChI=1S/C25H34N4O5S/c1-24(2,3)19-15-28(13-14-29(19)23(32)33)20-12-11-18(35-20)21(30)26-16-9-7-8-10-17(16)27-22(31)34-25(4,5)6/h7-12,19H,13-15H2,1-6H3,(H,26,30)(H,27,31)(H,32,33). The van der Waals surface area contributed by atoms with E-state index in [1.54, 1.807) is 51.1 Å². The highest BCUT2D eigenvalue weighted by Crippen LogP contribution is 2.34. The summed E-state index contributed by atoms with van der Waals surface area (Å²) < 4.78 is 5.31. The molecule has 3 N–H and O–H groups in total. The van der Waals surface area contributed by atoms with Crippen LogP contribution in [0.3, 0.4) is 0 Å². The maximum Gasteiger partial charge on any atom is 0.412 e. The van der Waals surface area contributed by atoms with Crippen LogP contribution < -0.4 is 15.5 Å². The van der Waals surface area contributed by atoms with Gasteiger partial charge < -0.3 is 25.0 Å². The summed E-state index contributed by atoms with van der Waals surface area (Å²) in [5.74, 6) is -0.295. The maximum atomic E-state index is 13.0. The average Bonchev–Trinajstić information content (AvgIpc) is 3.23. The number of nitrogens with one attached hydrogen (secondary N) is 2. The van der Waals surface area contributed by atoms with Crippen molar-refractivity contribution in [1.82, 2.24) is 4.90 Å². The van der Waals surface area contributed by atoms with Gasteiger partial charge in [0.1, 0.15) is 5.60 Å². The molecule has 1 aliphatic rings. The number of anilines is 3. The van der Waals surface area contributed by atoms with Gasteiger partial charge in [0.15, 0.2) is 0 Å². The van der Waals surface area contributed by atoms with Crippen molar-refractivity contribution < 1.29 is 24.2 Å². The Kier molecular flexibility index (Phi) is 7.64. The highest BCUT2D eigenvalue weighted by atomic mass is 32.1. The SMILES string of the molecule is CC(C)(C)OC(=O)Nc1ccccc1NC(=O)c1ccc(N2CCN(C(=O)O)C(C(C)(C)C)C2)s1. The minimum Gasteiger partial charge on any atom is -0.465 e. The van der Waals surface area contributed by atoms with E-state index >= 15 is 0 Å². The number of amides is 3. The first-order chi connectivity index (χ1) is 16.2. The van der Waals surface area contributed by atoms with Crippen molar-refractivity contribution in [3.05, 3.63) is 41.3 Å². The molecular weight excluding hydrogens is 468 g/mol. The average molecular weight is 503 g/mol. The Morgan fingerprint density at radius 1 is 0.971 bits per heavy atom. The molecule has 1 atom stereocenters. The van der Waals surface area contributed by atoms with Crippen LogP contribution in [0.5, 0.6) is 0 Å². The molecule has 1 aliphatic heterocycles. The molecule has 35 heavy (non-hydrogen) atoms. The Morgan fingerprint density at radius 2 is 1.60 bits per heavy atom. The van der Waals surface area contributed by atoms with Gasteiger partial charge in [0.25, 0.3) is 5.91 Å². The fourth-order valence-corrected chi connectivity index (χ4v) is 4.81. The molecule has 0 saturated carbocycles. The fraction of sp³-hybridized carbons (Fsp3) is 0.480. The molecule has 1 fully saturated rings. The zero-order valence-electron chi connectivity index (χ0n) is 21.0. The number of carbonyl (C=O) groups excluding carboxylic acids is 2. The number of thiophene rings is 1. The first-order valence-corrected chi connectivity index (χ1v) is 12.3. The predicted octanol–water partition coefficient (Wildman–Crippen LogP) is 5.56. The summed E-state index contributed by atoms with van der Waals surface area (Å²) in [5.41, 5.74) is 0.0302. The zero-order chi connectivity index (χ0) is 26.0. The molecule has 0 spiro atoms. The number of hydrogen-bond donors (Lipinski definition) is 3. The van der Waals surface area contributed by atoms with Gasteiger partial charge in [-0.3, -0.25) is 10.1 Å². The smallest absolute Gasteiger partial charge is 0.412 e. The van der Waals surface area contributed by atoms with Crippen LogP contribution in [0.1, 0.15) is 51.2 Å². The van der Waals surface area contributed by atoms with Crippen molar-refractivity contribution in [2.75, 3.05) is 35.2 Å². The summed E-state index contributed by atoms with van der Waals surface area (Å²) >= 11 is 1.35. The fourth-order valence-electron chi connectivity index (χ4n) is 3.87. The van der Waals surface area contributed by atoms with Crippen LogP contribution in [0.25, 0.3) is 0 Å². The van der Waals surface area contributed by atoms with E-state index < -0.39 is 17.8 Å². The molecule has 10 heteroatoms. The van der Waals surface area contributed by atoms with E-state index in [-0.39, 0.29) is 17.4 Å². The second-order valence-electron chi connectivity index (χ2n) is 10.6. The second-order valence-corrected chi connectivity index (χ2v) is 11.6. The molecule has 3 amide bonds. The number of nitrogens with zero attached hydrogens (tertiary/aromatic N) is 2. The molecule has 0 aliphatic carbocycles. The molecule has 2 heterocycles. The van der Waals surface area contributed by atoms with Crippen LogP contribution >= 0.6 is 11.3 Å². The van der Waals surface area contributed by atoms with Crippen molar-refractivity contribution in [3.8, 4) is 0 Å². The Bertz CT molecular complexity index is 1090. The molecule has 1 aromatic heterocycles. The van der Waals surface area contributed by atoms with Gasteiger partial charge in [-0.05, 0) is 50.5 Å². The van der Waals surface area contributed by atoms with Gasteiger partial charge >= 0.3 is 12.2 Å². The Labute approximate surface area is 210 Å². The molecule has 0 radical (unpaired) electrons. The third-order valence-corrected chi connectivity index (χ3v) is 6.71. The number of carbonyl (C=O) groups is 3. The molecule has 1 unspecified atom stereocenters. The van der Waals surface area contributed by atoms with Crippen molar-refractivity contribution in [3.63, 3.8) is 0 Å². The largest absolute Gasteiger partial charge is 0.465 e. The molecule has 190 valence electrons. The summed E-state index contributed by atoms with van der Waals surface area (Å²) in [7, 11) is 0. The second kappa shape index (κ2) is 10.2. The minimum absolute atomic E-state index is 0.168. The van der Waals surface area contributed by atoms with Crippen LogP contribution in [0.4, 0.5) is 26.0 Å². The lowest BCUT2D eigenvalue weighted by Gasteiger charge is -2.46. The molecule has 0 bridgehead atoms. The molecular formula is C25H34N4O5S.